The largest absolute Gasteiger partial charge is 0.469 e. The molecule has 17 heavy (non-hydrogen) atoms. The Morgan fingerprint density at radius 1 is 1.35 bits per heavy atom. The maximum atomic E-state index is 12.0. The molecule has 2 heteroatoms. The fourth-order valence-electron chi connectivity index (χ4n) is 2.97. The average molecular weight is 236 g/mol. The topological polar surface area (TPSA) is 26.3 Å². The first-order chi connectivity index (χ1) is 8.20. The Morgan fingerprint density at radius 3 is 2.47 bits per heavy atom. The Balaban J connectivity index is 2.86. The summed E-state index contributed by atoms with van der Waals surface area (Å²) in [5.41, 5.74) is -0.0473. The van der Waals surface area contributed by atoms with E-state index in [4.69, 9.17) is 4.74 Å². The maximum Gasteiger partial charge on any atom is 0.309 e. The first-order valence-corrected chi connectivity index (χ1v) is 6.52. The maximum absolute atomic E-state index is 12.0. The van der Waals surface area contributed by atoms with Gasteiger partial charge in [0.1, 0.15) is 0 Å². The number of ether oxygens (including phenoxy) is 1. The van der Waals surface area contributed by atoms with Gasteiger partial charge in [-0.3, -0.25) is 4.79 Å². The van der Waals surface area contributed by atoms with Crippen LogP contribution in [0.1, 0.15) is 44.9 Å². The van der Waals surface area contributed by atoms with Gasteiger partial charge in [0.15, 0.2) is 0 Å². The predicted octanol–water partition coefficient (Wildman–Crippen LogP) is 3.88. The third-order valence-electron chi connectivity index (χ3n) is 4.03. The van der Waals surface area contributed by atoms with Gasteiger partial charge in [-0.15, -0.1) is 13.2 Å². The molecule has 1 unspecified atom stereocenters. The molecule has 2 nitrogen and oxygen atoms in total. The summed E-state index contributed by atoms with van der Waals surface area (Å²) in [7, 11) is 1.48. The van der Waals surface area contributed by atoms with E-state index in [2.05, 4.69) is 13.2 Å². The molecule has 0 N–H and O–H groups in total. The van der Waals surface area contributed by atoms with E-state index in [0.717, 1.165) is 25.7 Å². The van der Waals surface area contributed by atoms with Gasteiger partial charge >= 0.3 is 5.97 Å². The fraction of sp³-hybridized carbons (Fsp3) is 0.667. The van der Waals surface area contributed by atoms with Gasteiger partial charge in [0.2, 0.25) is 0 Å². The molecule has 0 spiro atoms. The molecule has 1 rings (SSSR count). The Bertz CT molecular complexity index is 275. The summed E-state index contributed by atoms with van der Waals surface area (Å²) in [6, 6.07) is 0. The lowest BCUT2D eigenvalue weighted by molar-refractivity contribution is -0.150. The van der Waals surface area contributed by atoms with Gasteiger partial charge in [-0.25, -0.2) is 0 Å². The van der Waals surface area contributed by atoms with Crippen LogP contribution >= 0.6 is 0 Å². The summed E-state index contributed by atoms with van der Waals surface area (Å²) in [6.07, 6.45) is 11.3. The van der Waals surface area contributed by atoms with Crippen LogP contribution in [0.15, 0.2) is 25.3 Å². The lowest BCUT2D eigenvalue weighted by atomic mass is 9.64. The van der Waals surface area contributed by atoms with Crippen molar-refractivity contribution in [3.05, 3.63) is 25.3 Å². The van der Waals surface area contributed by atoms with Crippen molar-refractivity contribution >= 4 is 5.97 Å². The minimum absolute atomic E-state index is 0.0473. The molecular formula is C15H24O2. The molecule has 0 heterocycles. The van der Waals surface area contributed by atoms with E-state index < -0.39 is 0 Å². The third-order valence-corrected chi connectivity index (χ3v) is 4.03. The average Bonchev–Trinajstić information content (AvgIpc) is 2.39. The van der Waals surface area contributed by atoms with Crippen LogP contribution in [-0.2, 0) is 9.53 Å². The highest BCUT2D eigenvalue weighted by Crippen LogP contribution is 2.45. The highest BCUT2D eigenvalue weighted by atomic mass is 16.5. The van der Waals surface area contributed by atoms with Crippen LogP contribution in [0.5, 0.6) is 0 Å². The number of methoxy groups -OCH3 is 1. The molecule has 0 aliphatic heterocycles. The van der Waals surface area contributed by atoms with E-state index in [9.17, 15) is 4.79 Å². The predicted molar refractivity (Wildman–Crippen MR) is 70.7 cm³/mol. The van der Waals surface area contributed by atoms with Gasteiger partial charge < -0.3 is 4.74 Å². The summed E-state index contributed by atoms with van der Waals surface area (Å²) in [4.78, 5) is 12.0. The van der Waals surface area contributed by atoms with Crippen LogP contribution < -0.4 is 0 Å². The zero-order valence-electron chi connectivity index (χ0n) is 10.9. The Kier molecular flexibility index (Phi) is 5.46. The van der Waals surface area contributed by atoms with E-state index in [0.29, 0.717) is 0 Å². The number of allylic oxidation sites excluding steroid dienone is 2. The highest BCUT2D eigenvalue weighted by molar-refractivity contribution is 5.73. The lowest BCUT2D eigenvalue weighted by Crippen LogP contribution is -2.36. The van der Waals surface area contributed by atoms with Crippen molar-refractivity contribution in [2.45, 2.75) is 44.9 Å². The zero-order chi connectivity index (χ0) is 12.7. The lowest BCUT2D eigenvalue weighted by Gasteiger charge is -2.40. The molecule has 1 saturated carbocycles. The molecule has 0 radical (unpaired) electrons. The minimum atomic E-state index is -0.0892. The molecule has 0 amide bonds. The van der Waals surface area contributed by atoms with Crippen LogP contribution in [0.4, 0.5) is 0 Å². The number of carbonyl (C=O) groups excluding carboxylic acids is 1. The Morgan fingerprint density at radius 2 is 2.00 bits per heavy atom. The molecule has 1 fully saturated rings. The number of hydrogen-bond donors (Lipinski definition) is 0. The van der Waals surface area contributed by atoms with Crippen LogP contribution in [0, 0.1) is 11.3 Å². The van der Waals surface area contributed by atoms with E-state index in [1.165, 1.54) is 26.4 Å². The first-order valence-electron chi connectivity index (χ1n) is 6.52. The quantitative estimate of drug-likeness (QED) is 0.517. The Hall–Kier alpha value is -1.05. The molecule has 0 aromatic rings. The van der Waals surface area contributed by atoms with Crippen LogP contribution in [0.2, 0.25) is 0 Å². The van der Waals surface area contributed by atoms with Gasteiger partial charge in [0.25, 0.3) is 0 Å². The molecule has 1 atom stereocenters. The molecule has 0 aromatic heterocycles. The van der Waals surface area contributed by atoms with Crippen molar-refractivity contribution in [1.29, 1.82) is 0 Å². The highest BCUT2D eigenvalue weighted by Gasteiger charge is 2.41. The van der Waals surface area contributed by atoms with Crippen molar-refractivity contribution < 1.29 is 9.53 Å². The smallest absolute Gasteiger partial charge is 0.309 e. The zero-order valence-corrected chi connectivity index (χ0v) is 10.9. The van der Waals surface area contributed by atoms with Crippen molar-refractivity contribution in [3.63, 3.8) is 0 Å². The number of hydrogen-bond acceptors (Lipinski definition) is 2. The number of carbonyl (C=O) groups is 1. The summed E-state index contributed by atoms with van der Waals surface area (Å²) in [6.45, 7) is 7.70. The molecule has 0 saturated heterocycles. The molecule has 96 valence electrons. The van der Waals surface area contributed by atoms with Crippen LogP contribution in [-0.4, -0.2) is 13.1 Å². The van der Waals surface area contributed by atoms with Gasteiger partial charge in [-0.05, 0) is 25.7 Å². The van der Waals surface area contributed by atoms with Gasteiger partial charge in [-0.2, -0.15) is 0 Å². The molecule has 0 aromatic carbocycles. The molecule has 0 bridgehead atoms. The summed E-state index contributed by atoms with van der Waals surface area (Å²) < 4.78 is 4.97. The number of rotatable bonds is 6. The summed E-state index contributed by atoms with van der Waals surface area (Å²) in [5, 5.41) is 0. The van der Waals surface area contributed by atoms with Crippen molar-refractivity contribution in [2.24, 2.45) is 11.3 Å². The third kappa shape index (κ3) is 3.21. The molecular weight excluding hydrogens is 212 g/mol. The normalized spacial score (nSPS) is 20.3. The van der Waals surface area contributed by atoms with Crippen LogP contribution in [0.25, 0.3) is 0 Å². The standard InChI is InChI=1S/C15H24O2/c1-4-6-10-13(14(16)17-3)15(5-2)11-8-7-9-12-15/h4-5,13H,1-2,6-12H2,3H3. The summed E-state index contributed by atoms with van der Waals surface area (Å²) in [5.74, 6) is -0.142. The van der Waals surface area contributed by atoms with Crippen molar-refractivity contribution in [3.8, 4) is 0 Å². The van der Waals surface area contributed by atoms with Crippen molar-refractivity contribution in [1.82, 2.24) is 0 Å². The monoisotopic (exact) mass is 236 g/mol. The SMILES string of the molecule is C=CCCC(C(=O)OC)C1(C=C)CCCCC1. The van der Waals surface area contributed by atoms with E-state index in [-0.39, 0.29) is 17.3 Å². The number of esters is 1. The molecule has 1 aliphatic rings. The fourth-order valence-corrected chi connectivity index (χ4v) is 2.97. The second kappa shape index (κ2) is 6.63. The van der Waals surface area contributed by atoms with Crippen molar-refractivity contribution in [2.75, 3.05) is 7.11 Å². The molecule has 1 aliphatic carbocycles. The Labute approximate surface area is 105 Å². The van der Waals surface area contributed by atoms with Gasteiger partial charge in [0.05, 0.1) is 13.0 Å². The van der Waals surface area contributed by atoms with Gasteiger partial charge in [-0.1, -0.05) is 31.4 Å². The second-order valence-electron chi connectivity index (χ2n) is 4.94. The minimum Gasteiger partial charge on any atom is -0.469 e. The van der Waals surface area contributed by atoms with Crippen LogP contribution in [0.3, 0.4) is 0 Å². The first kappa shape index (κ1) is 14.0. The van der Waals surface area contributed by atoms with E-state index in [1.54, 1.807) is 0 Å². The van der Waals surface area contributed by atoms with E-state index in [1.807, 2.05) is 12.2 Å². The second-order valence-corrected chi connectivity index (χ2v) is 4.94. The summed E-state index contributed by atoms with van der Waals surface area (Å²) >= 11 is 0. The van der Waals surface area contributed by atoms with Gasteiger partial charge in [0, 0.05) is 5.41 Å². The van der Waals surface area contributed by atoms with E-state index >= 15 is 0 Å².